The average molecular weight is 230 g/mol. The van der Waals surface area contributed by atoms with Crippen LogP contribution in [-0.4, -0.2) is 40.8 Å². The van der Waals surface area contributed by atoms with Crippen LogP contribution in [0.25, 0.3) is 0 Å². The second-order valence-electron chi connectivity index (χ2n) is 4.19. The van der Waals surface area contributed by atoms with E-state index in [4.69, 9.17) is 5.11 Å². The second-order valence-corrected chi connectivity index (χ2v) is 5.47. The highest BCUT2D eigenvalue weighted by molar-refractivity contribution is 8.00. The van der Waals surface area contributed by atoms with E-state index >= 15 is 0 Å². The molecule has 0 radical (unpaired) electrons. The first kappa shape index (κ1) is 11.1. The van der Waals surface area contributed by atoms with Crippen molar-refractivity contribution in [3.05, 3.63) is 0 Å². The highest BCUT2D eigenvalue weighted by atomic mass is 32.2. The summed E-state index contributed by atoms with van der Waals surface area (Å²) in [5.41, 5.74) is 0. The van der Waals surface area contributed by atoms with Crippen LogP contribution in [0.4, 0.5) is 4.79 Å². The van der Waals surface area contributed by atoms with Gasteiger partial charge in [0.15, 0.2) is 0 Å². The molecule has 86 valence electrons. The molecule has 0 spiro atoms. The molecule has 2 aliphatic rings. The summed E-state index contributed by atoms with van der Waals surface area (Å²) in [7, 11) is 0. The van der Waals surface area contributed by atoms with Crippen molar-refractivity contribution in [2.45, 2.75) is 43.0 Å². The molecule has 0 aromatic carbocycles. The van der Waals surface area contributed by atoms with Gasteiger partial charge >= 0.3 is 6.03 Å². The average Bonchev–Trinajstić information content (AvgIpc) is 2.73. The molecule has 0 saturated carbocycles. The fourth-order valence-electron chi connectivity index (χ4n) is 2.28. The van der Waals surface area contributed by atoms with E-state index in [1.54, 1.807) is 0 Å². The molecule has 2 unspecified atom stereocenters. The summed E-state index contributed by atoms with van der Waals surface area (Å²) >= 11 is 1.95. The number of hydrogen-bond donors (Lipinski definition) is 3. The summed E-state index contributed by atoms with van der Waals surface area (Å²) in [6.07, 6.45) is 4.29. The van der Waals surface area contributed by atoms with E-state index in [1.807, 2.05) is 11.8 Å². The Morgan fingerprint density at radius 3 is 3.00 bits per heavy atom. The third kappa shape index (κ3) is 2.58. The molecule has 2 aliphatic heterocycles. The molecule has 2 heterocycles. The van der Waals surface area contributed by atoms with Crippen molar-refractivity contribution in [2.24, 2.45) is 0 Å². The fourth-order valence-corrected chi connectivity index (χ4v) is 3.82. The molecule has 5 heteroatoms. The fraction of sp³-hybridized carbons (Fsp3) is 0.900. The van der Waals surface area contributed by atoms with Gasteiger partial charge < -0.3 is 15.7 Å². The lowest BCUT2D eigenvalue weighted by Gasteiger charge is -2.16. The van der Waals surface area contributed by atoms with Crippen molar-refractivity contribution in [3.63, 3.8) is 0 Å². The van der Waals surface area contributed by atoms with Crippen molar-refractivity contribution in [2.75, 3.05) is 12.4 Å². The lowest BCUT2D eigenvalue weighted by atomic mass is 10.0. The van der Waals surface area contributed by atoms with Crippen LogP contribution in [-0.2, 0) is 0 Å². The molecule has 4 nitrogen and oxygen atoms in total. The first-order chi connectivity index (χ1) is 7.31. The van der Waals surface area contributed by atoms with Crippen molar-refractivity contribution in [1.29, 1.82) is 0 Å². The monoisotopic (exact) mass is 230 g/mol. The molecule has 3 N–H and O–H groups in total. The van der Waals surface area contributed by atoms with Gasteiger partial charge in [-0.05, 0) is 12.8 Å². The lowest BCUT2D eigenvalue weighted by molar-refractivity contribution is 0.247. The van der Waals surface area contributed by atoms with Gasteiger partial charge in [0, 0.05) is 17.6 Å². The molecule has 0 bridgehead atoms. The molecular weight excluding hydrogens is 212 g/mol. The van der Waals surface area contributed by atoms with Crippen molar-refractivity contribution in [1.82, 2.24) is 10.6 Å². The number of hydrogen-bond acceptors (Lipinski definition) is 3. The van der Waals surface area contributed by atoms with E-state index in [9.17, 15) is 4.79 Å². The van der Waals surface area contributed by atoms with Gasteiger partial charge in [0.1, 0.15) is 0 Å². The van der Waals surface area contributed by atoms with Gasteiger partial charge in [-0.25, -0.2) is 4.79 Å². The summed E-state index contributed by atoms with van der Waals surface area (Å²) in [6, 6.07) is 0.660. The highest BCUT2D eigenvalue weighted by Crippen LogP contribution is 2.33. The summed E-state index contributed by atoms with van der Waals surface area (Å²) in [5.74, 6) is 1.04. The van der Waals surface area contributed by atoms with Crippen LogP contribution in [0.2, 0.25) is 0 Å². The summed E-state index contributed by atoms with van der Waals surface area (Å²) in [4.78, 5) is 11.1. The molecule has 2 amide bonds. The highest BCUT2D eigenvalue weighted by Gasteiger charge is 2.42. The van der Waals surface area contributed by atoms with E-state index < -0.39 is 0 Å². The SMILES string of the molecule is O=C1NC2C(CCCCCO)SC[C@@H]2N1. The number of fused-ring (bicyclic) bond motifs is 1. The Hall–Kier alpha value is -0.420. The molecule has 3 atom stereocenters. The Bertz CT molecular complexity index is 237. The molecule has 0 aliphatic carbocycles. The Balaban J connectivity index is 1.72. The number of nitrogens with one attached hydrogen (secondary N) is 2. The van der Waals surface area contributed by atoms with Crippen LogP contribution in [0.1, 0.15) is 25.7 Å². The van der Waals surface area contributed by atoms with Crippen LogP contribution in [0.3, 0.4) is 0 Å². The number of unbranched alkanes of at least 4 members (excludes halogenated alkanes) is 2. The predicted molar refractivity (Wildman–Crippen MR) is 61.0 cm³/mol. The molecule has 0 aromatic rings. The summed E-state index contributed by atoms with van der Waals surface area (Å²) in [6.45, 7) is 0.294. The molecular formula is C10H18N2O2S. The standard InChI is InChI=1S/C10H18N2O2S/c13-5-3-1-2-4-8-9-7(6-15-8)11-10(14)12-9/h7-9,13H,1-6H2,(H2,11,12,14)/t7-,8?,9?/m0/s1. The van der Waals surface area contributed by atoms with E-state index in [1.165, 1.54) is 0 Å². The number of amides is 2. The number of carbonyl (C=O) groups excluding carboxylic acids is 1. The van der Waals surface area contributed by atoms with Crippen LogP contribution in [0, 0.1) is 0 Å². The first-order valence-corrected chi connectivity index (χ1v) is 6.65. The third-order valence-corrected chi connectivity index (χ3v) is 4.59. The summed E-state index contributed by atoms with van der Waals surface area (Å²) < 4.78 is 0. The quantitative estimate of drug-likeness (QED) is 0.481. The van der Waals surface area contributed by atoms with Gasteiger partial charge in [0.25, 0.3) is 0 Å². The third-order valence-electron chi connectivity index (χ3n) is 3.08. The number of urea groups is 1. The summed E-state index contributed by atoms with van der Waals surface area (Å²) in [5, 5.41) is 15.2. The minimum atomic E-state index is -0.00865. The minimum absolute atomic E-state index is 0.00865. The maximum Gasteiger partial charge on any atom is 0.315 e. The maximum atomic E-state index is 11.1. The van der Waals surface area contributed by atoms with E-state index in [2.05, 4.69) is 10.6 Å². The van der Waals surface area contributed by atoms with Crippen LogP contribution >= 0.6 is 11.8 Å². The van der Waals surface area contributed by atoms with Crippen molar-refractivity contribution in [3.8, 4) is 0 Å². The van der Waals surface area contributed by atoms with Gasteiger partial charge in [-0.1, -0.05) is 12.8 Å². The van der Waals surface area contributed by atoms with Crippen LogP contribution in [0.5, 0.6) is 0 Å². The number of aliphatic hydroxyl groups is 1. The second kappa shape index (κ2) is 5.07. The smallest absolute Gasteiger partial charge is 0.315 e. The lowest BCUT2D eigenvalue weighted by Crippen LogP contribution is -2.36. The molecule has 15 heavy (non-hydrogen) atoms. The van der Waals surface area contributed by atoms with E-state index in [0.29, 0.717) is 23.9 Å². The first-order valence-electron chi connectivity index (χ1n) is 5.61. The zero-order chi connectivity index (χ0) is 10.7. The molecule has 2 fully saturated rings. The topological polar surface area (TPSA) is 61.4 Å². The zero-order valence-corrected chi connectivity index (χ0v) is 9.55. The number of thioether (sulfide) groups is 1. The van der Waals surface area contributed by atoms with E-state index in [0.717, 1.165) is 31.4 Å². The minimum Gasteiger partial charge on any atom is -0.396 e. The zero-order valence-electron chi connectivity index (χ0n) is 8.74. The number of aliphatic hydroxyl groups excluding tert-OH is 1. The number of rotatable bonds is 5. The van der Waals surface area contributed by atoms with Crippen molar-refractivity contribution < 1.29 is 9.90 Å². The van der Waals surface area contributed by atoms with Crippen molar-refractivity contribution >= 4 is 17.8 Å². The normalized spacial score (nSPS) is 33.7. The van der Waals surface area contributed by atoms with Gasteiger partial charge in [-0.15, -0.1) is 0 Å². The molecule has 0 aromatic heterocycles. The van der Waals surface area contributed by atoms with Gasteiger partial charge in [0.05, 0.1) is 12.1 Å². The predicted octanol–water partition coefficient (Wildman–Crippen LogP) is 0.704. The van der Waals surface area contributed by atoms with Gasteiger partial charge in [-0.3, -0.25) is 0 Å². The largest absolute Gasteiger partial charge is 0.396 e. The Kier molecular flexibility index (Phi) is 3.75. The molecule has 2 saturated heterocycles. The Morgan fingerprint density at radius 1 is 1.33 bits per heavy atom. The Labute approximate surface area is 94.2 Å². The molecule has 2 rings (SSSR count). The Morgan fingerprint density at radius 2 is 2.20 bits per heavy atom. The van der Waals surface area contributed by atoms with Crippen LogP contribution < -0.4 is 10.6 Å². The van der Waals surface area contributed by atoms with Gasteiger partial charge in [0.2, 0.25) is 0 Å². The number of carbonyl (C=O) groups is 1. The maximum absolute atomic E-state index is 11.1. The van der Waals surface area contributed by atoms with Crippen LogP contribution in [0.15, 0.2) is 0 Å². The van der Waals surface area contributed by atoms with Gasteiger partial charge in [-0.2, -0.15) is 11.8 Å². The van der Waals surface area contributed by atoms with E-state index in [-0.39, 0.29) is 6.03 Å².